The van der Waals surface area contributed by atoms with E-state index in [9.17, 15) is 0 Å². The highest BCUT2D eigenvalue weighted by Crippen LogP contribution is 2.37. The van der Waals surface area contributed by atoms with Crippen molar-refractivity contribution in [3.05, 3.63) is 0 Å². The van der Waals surface area contributed by atoms with Gasteiger partial charge in [0.05, 0.1) is 12.2 Å². The molecule has 0 unspecified atom stereocenters. The van der Waals surface area contributed by atoms with Crippen LogP contribution >= 0.6 is 31.9 Å². The molecule has 1 nitrogen and oxygen atoms in total. The maximum Gasteiger partial charge on any atom is 0.0842 e. The molecular formula is C8H12Br2O. The Hall–Kier alpha value is 0.920. The number of ether oxygens (including phenoxy) is 1. The number of epoxide rings is 1. The van der Waals surface area contributed by atoms with Crippen molar-refractivity contribution in [2.45, 2.75) is 47.5 Å². The first-order valence-corrected chi connectivity index (χ1v) is 6.04. The first-order valence-electron chi connectivity index (χ1n) is 4.21. The lowest BCUT2D eigenvalue weighted by atomic mass is 10.0. The van der Waals surface area contributed by atoms with Crippen LogP contribution in [-0.2, 0) is 4.74 Å². The zero-order valence-corrected chi connectivity index (χ0v) is 9.47. The lowest BCUT2D eigenvalue weighted by molar-refractivity contribution is 0.358. The Balaban J connectivity index is 1.89. The van der Waals surface area contributed by atoms with Crippen molar-refractivity contribution in [2.24, 2.45) is 0 Å². The van der Waals surface area contributed by atoms with Crippen LogP contribution < -0.4 is 0 Å². The molecule has 0 aromatic rings. The molecule has 0 amide bonds. The Bertz CT molecular complexity index is 135. The van der Waals surface area contributed by atoms with Crippen molar-refractivity contribution >= 4 is 31.9 Å². The Morgan fingerprint density at radius 3 is 1.73 bits per heavy atom. The third-order valence-corrected chi connectivity index (χ3v) is 5.44. The quantitative estimate of drug-likeness (QED) is 0.492. The third kappa shape index (κ3) is 1.99. The number of rotatable bonds is 0. The highest BCUT2D eigenvalue weighted by molar-refractivity contribution is 9.12. The van der Waals surface area contributed by atoms with Crippen molar-refractivity contribution in [1.82, 2.24) is 0 Å². The number of alkyl halides is 2. The van der Waals surface area contributed by atoms with E-state index in [4.69, 9.17) is 4.74 Å². The average Bonchev–Trinajstić information content (AvgIpc) is 2.72. The molecule has 0 radical (unpaired) electrons. The van der Waals surface area contributed by atoms with Gasteiger partial charge in [-0.2, -0.15) is 0 Å². The SMILES string of the molecule is Br[C@H]1CC[C@@H]2O[C@@H]2CC[C@@H]1Br. The fraction of sp³-hybridized carbons (Fsp3) is 1.00. The summed E-state index contributed by atoms with van der Waals surface area (Å²) in [5.74, 6) is 0. The summed E-state index contributed by atoms with van der Waals surface area (Å²) in [6, 6.07) is 0. The van der Waals surface area contributed by atoms with E-state index in [-0.39, 0.29) is 0 Å². The van der Waals surface area contributed by atoms with E-state index >= 15 is 0 Å². The summed E-state index contributed by atoms with van der Waals surface area (Å²) in [4.78, 5) is 1.29. The summed E-state index contributed by atoms with van der Waals surface area (Å²) in [5.41, 5.74) is 0. The number of hydrogen-bond donors (Lipinski definition) is 0. The summed E-state index contributed by atoms with van der Waals surface area (Å²) in [6.07, 6.45) is 6.18. The van der Waals surface area contributed by atoms with Crippen LogP contribution in [0.25, 0.3) is 0 Å². The Labute approximate surface area is 84.1 Å². The largest absolute Gasteiger partial charge is 0.370 e. The van der Waals surface area contributed by atoms with Gasteiger partial charge in [0.15, 0.2) is 0 Å². The van der Waals surface area contributed by atoms with E-state index in [1.165, 1.54) is 25.7 Å². The molecule has 1 heterocycles. The predicted octanol–water partition coefficient (Wildman–Crippen LogP) is 2.85. The number of halogens is 2. The smallest absolute Gasteiger partial charge is 0.0842 e. The second-order valence-corrected chi connectivity index (χ2v) is 5.75. The van der Waals surface area contributed by atoms with Gasteiger partial charge in [-0.25, -0.2) is 0 Å². The van der Waals surface area contributed by atoms with Crippen LogP contribution in [0.3, 0.4) is 0 Å². The van der Waals surface area contributed by atoms with Crippen LogP contribution in [0.2, 0.25) is 0 Å². The molecule has 64 valence electrons. The molecule has 1 saturated heterocycles. The Morgan fingerprint density at radius 1 is 0.818 bits per heavy atom. The van der Waals surface area contributed by atoms with Crippen LogP contribution in [0, 0.1) is 0 Å². The standard InChI is InChI=1S/C8H12Br2O/c9-5-1-3-7-8(11-7)4-2-6(5)10/h5-8H,1-4H2/t5-,6-,7-,8+/m0/s1. The van der Waals surface area contributed by atoms with Crippen LogP contribution in [0.5, 0.6) is 0 Å². The van der Waals surface area contributed by atoms with Crippen LogP contribution in [-0.4, -0.2) is 21.9 Å². The molecule has 1 aliphatic heterocycles. The predicted molar refractivity (Wildman–Crippen MR) is 52.6 cm³/mol. The van der Waals surface area contributed by atoms with E-state index in [1.807, 2.05) is 0 Å². The molecule has 1 aliphatic carbocycles. The first kappa shape index (κ1) is 8.52. The zero-order chi connectivity index (χ0) is 7.84. The second-order valence-electron chi connectivity index (χ2n) is 3.40. The van der Waals surface area contributed by atoms with Crippen molar-refractivity contribution in [3.8, 4) is 0 Å². The summed E-state index contributed by atoms with van der Waals surface area (Å²) < 4.78 is 5.49. The molecule has 0 aromatic heterocycles. The monoisotopic (exact) mass is 282 g/mol. The maximum atomic E-state index is 5.49. The summed E-state index contributed by atoms with van der Waals surface area (Å²) in [7, 11) is 0. The highest BCUT2D eigenvalue weighted by Gasteiger charge is 2.40. The molecule has 4 atom stereocenters. The fourth-order valence-corrected chi connectivity index (χ4v) is 2.75. The molecule has 0 spiro atoms. The molecule has 3 heteroatoms. The number of hydrogen-bond acceptors (Lipinski definition) is 1. The lowest BCUT2D eigenvalue weighted by Gasteiger charge is -2.17. The van der Waals surface area contributed by atoms with Gasteiger partial charge >= 0.3 is 0 Å². The summed E-state index contributed by atoms with van der Waals surface area (Å²) >= 11 is 7.36. The van der Waals surface area contributed by atoms with Gasteiger partial charge in [0.1, 0.15) is 0 Å². The van der Waals surface area contributed by atoms with E-state index in [0.29, 0.717) is 21.9 Å². The molecular weight excluding hydrogens is 272 g/mol. The van der Waals surface area contributed by atoms with E-state index in [1.54, 1.807) is 0 Å². The van der Waals surface area contributed by atoms with Crippen molar-refractivity contribution in [3.63, 3.8) is 0 Å². The van der Waals surface area contributed by atoms with Crippen LogP contribution in [0.4, 0.5) is 0 Å². The molecule has 2 fully saturated rings. The molecule has 1 saturated carbocycles. The van der Waals surface area contributed by atoms with Gasteiger partial charge in [-0.1, -0.05) is 31.9 Å². The summed E-state index contributed by atoms with van der Waals surface area (Å²) in [5, 5.41) is 0. The highest BCUT2D eigenvalue weighted by atomic mass is 79.9. The van der Waals surface area contributed by atoms with Gasteiger partial charge in [-0.15, -0.1) is 0 Å². The minimum atomic E-state index is 0.607. The number of fused-ring (bicyclic) bond motifs is 1. The van der Waals surface area contributed by atoms with Gasteiger partial charge in [-0.3, -0.25) is 0 Å². The second kappa shape index (κ2) is 3.35. The average molecular weight is 284 g/mol. The van der Waals surface area contributed by atoms with Crippen molar-refractivity contribution < 1.29 is 4.74 Å². The topological polar surface area (TPSA) is 12.5 Å². The van der Waals surface area contributed by atoms with Gasteiger partial charge in [0, 0.05) is 9.65 Å². The van der Waals surface area contributed by atoms with Gasteiger partial charge < -0.3 is 4.74 Å². The normalized spacial score (nSPS) is 50.7. The van der Waals surface area contributed by atoms with Gasteiger partial charge in [0.25, 0.3) is 0 Å². The van der Waals surface area contributed by atoms with E-state index < -0.39 is 0 Å². The zero-order valence-electron chi connectivity index (χ0n) is 6.30. The molecule has 2 aliphatic rings. The molecule has 0 N–H and O–H groups in total. The van der Waals surface area contributed by atoms with E-state index in [2.05, 4.69) is 31.9 Å². The van der Waals surface area contributed by atoms with Crippen molar-refractivity contribution in [2.75, 3.05) is 0 Å². The summed E-state index contributed by atoms with van der Waals surface area (Å²) in [6.45, 7) is 0. The van der Waals surface area contributed by atoms with Crippen molar-refractivity contribution in [1.29, 1.82) is 0 Å². The Morgan fingerprint density at radius 2 is 1.27 bits per heavy atom. The minimum Gasteiger partial charge on any atom is -0.370 e. The van der Waals surface area contributed by atoms with Crippen LogP contribution in [0.1, 0.15) is 25.7 Å². The Kier molecular flexibility index (Phi) is 2.59. The van der Waals surface area contributed by atoms with Crippen LogP contribution in [0.15, 0.2) is 0 Å². The minimum absolute atomic E-state index is 0.607. The fourth-order valence-electron chi connectivity index (χ4n) is 1.70. The lowest BCUT2D eigenvalue weighted by Crippen LogP contribution is -2.18. The maximum absolute atomic E-state index is 5.49. The third-order valence-electron chi connectivity index (χ3n) is 2.53. The first-order chi connectivity index (χ1) is 5.27. The van der Waals surface area contributed by atoms with Gasteiger partial charge in [0.2, 0.25) is 0 Å². The van der Waals surface area contributed by atoms with E-state index in [0.717, 1.165) is 0 Å². The molecule has 0 aromatic carbocycles. The molecule has 0 bridgehead atoms. The molecule has 2 rings (SSSR count). The van der Waals surface area contributed by atoms with Gasteiger partial charge in [-0.05, 0) is 25.7 Å². The molecule has 11 heavy (non-hydrogen) atoms.